The van der Waals surface area contributed by atoms with Crippen molar-refractivity contribution in [3.05, 3.63) is 37.5 Å². The fraction of sp³-hybridized carbons (Fsp3) is 0.778. The van der Waals surface area contributed by atoms with E-state index in [1.807, 2.05) is 53.7 Å². The van der Waals surface area contributed by atoms with E-state index in [9.17, 15) is 28.8 Å². The van der Waals surface area contributed by atoms with Crippen molar-refractivity contribution in [3.8, 4) is 0 Å². The molecule has 0 radical (unpaired) electrons. The van der Waals surface area contributed by atoms with E-state index in [2.05, 4.69) is 25.3 Å². The van der Waals surface area contributed by atoms with Crippen LogP contribution in [0.4, 0.5) is 0 Å². The molecule has 0 aromatic heterocycles. The lowest BCUT2D eigenvalue weighted by atomic mass is 9.84. The Kier molecular flexibility index (Phi) is 21.8. The van der Waals surface area contributed by atoms with E-state index in [0.29, 0.717) is 25.9 Å². The number of nitrogens with zero attached hydrogens (tertiary/aromatic N) is 2. The number of amides is 2. The summed E-state index contributed by atoms with van der Waals surface area (Å²) >= 11 is 0. The molecule has 12 nitrogen and oxygen atoms in total. The summed E-state index contributed by atoms with van der Waals surface area (Å²) in [6, 6.07) is -1.03. The standard InChI is InChI=1S/C28H45NO5.C26H41NO5/c1-7-9-11-13-15-20(3)26(31)29-19-24-22(18-28(4,5)34-24)25(29)23(30)17-21(27(32)33-6)16-14-12-10-8-2;1-18-13-11-9-7-5-6-8-10-12-14-19(25(30)31-4)15-21(28)23-20-16-26(2,3)32-22(20)17-27(23)24(18)29/h7-8,20-22,24-25H,1-2,9-19H2,3-6H3;5-6,18-20,22-23H,7-17H2,1-4H3/t20?,21-,22+,24?,25?;18-,19+,20-,22?,23?/m10/s1. The number of fused-ring (bicyclic) bond motifs is 4. The van der Waals surface area contributed by atoms with Crippen molar-refractivity contribution >= 4 is 35.3 Å². The molecule has 2 amide bonds. The fourth-order valence-electron chi connectivity index (χ4n) is 11.3. The number of Topliss-reactive ketones (excluding diaryl/α,β-unsaturated/α-hetero) is 2. The van der Waals surface area contributed by atoms with Crippen molar-refractivity contribution in [2.75, 3.05) is 27.3 Å². The molecule has 0 saturated carbocycles. The second-order valence-electron chi connectivity index (χ2n) is 21.2. The molecular formula is C54H86N2O10. The molecule has 5 unspecified atom stereocenters. The Morgan fingerprint density at radius 1 is 0.803 bits per heavy atom. The van der Waals surface area contributed by atoms with Crippen LogP contribution in [0, 0.1) is 35.5 Å². The van der Waals surface area contributed by atoms with Crippen LogP contribution in [-0.2, 0) is 47.7 Å². The minimum Gasteiger partial charge on any atom is -0.469 e. The van der Waals surface area contributed by atoms with Crippen LogP contribution in [0.15, 0.2) is 37.5 Å². The van der Waals surface area contributed by atoms with E-state index >= 15 is 0 Å². The van der Waals surface area contributed by atoms with Crippen LogP contribution in [-0.4, -0.2) is 108 Å². The van der Waals surface area contributed by atoms with Gasteiger partial charge in [-0.1, -0.05) is 63.8 Å². The van der Waals surface area contributed by atoms with Gasteiger partial charge in [0.1, 0.15) is 0 Å². The van der Waals surface area contributed by atoms with Crippen LogP contribution in [0.1, 0.15) is 170 Å². The number of hydrogen-bond donors (Lipinski definition) is 0. The van der Waals surface area contributed by atoms with Crippen molar-refractivity contribution in [2.45, 2.75) is 205 Å². The molecule has 0 aromatic rings. The van der Waals surface area contributed by atoms with Crippen LogP contribution in [0.3, 0.4) is 0 Å². The van der Waals surface area contributed by atoms with Crippen molar-refractivity contribution in [1.29, 1.82) is 0 Å². The summed E-state index contributed by atoms with van der Waals surface area (Å²) in [5, 5.41) is 0. The van der Waals surface area contributed by atoms with Gasteiger partial charge in [0.2, 0.25) is 11.8 Å². The molecule has 12 heteroatoms. The summed E-state index contributed by atoms with van der Waals surface area (Å²) < 4.78 is 22.5. The normalized spacial score (nSPS) is 29.6. The smallest absolute Gasteiger partial charge is 0.309 e. The van der Waals surface area contributed by atoms with E-state index in [1.165, 1.54) is 14.2 Å². The summed E-state index contributed by atoms with van der Waals surface area (Å²) in [4.78, 5) is 82.5. The first-order valence-electron chi connectivity index (χ1n) is 25.4. The number of likely N-dealkylation sites (tertiary alicyclic amines) is 1. The number of carbonyl (C=O) groups is 6. The summed E-state index contributed by atoms with van der Waals surface area (Å²) in [5.74, 6) is -1.89. The summed E-state index contributed by atoms with van der Waals surface area (Å²) in [6.45, 7) is 20.5. The molecule has 0 bridgehead atoms. The lowest BCUT2D eigenvalue weighted by Gasteiger charge is -2.31. The van der Waals surface area contributed by atoms with Crippen molar-refractivity contribution in [1.82, 2.24) is 9.80 Å². The zero-order valence-corrected chi connectivity index (χ0v) is 42.0. The Morgan fingerprint density at radius 2 is 1.38 bits per heavy atom. The van der Waals surface area contributed by atoms with Gasteiger partial charge in [0, 0.05) is 49.6 Å². The van der Waals surface area contributed by atoms with Crippen LogP contribution < -0.4 is 0 Å². The van der Waals surface area contributed by atoms with Crippen molar-refractivity contribution < 1.29 is 47.7 Å². The first-order chi connectivity index (χ1) is 31.4. The van der Waals surface area contributed by atoms with Gasteiger partial charge in [0.15, 0.2) is 11.6 Å². The molecule has 0 spiro atoms. The molecule has 372 valence electrons. The largest absolute Gasteiger partial charge is 0.469 e. The van der Waals surface area contributed by atoms with Gasteiger partial charge in [-0.05, 0) is 118 Å². The third-order valence-electron chi connectivity index (χ3n) is 14.7. The highest BCUT2D eigenvalue weighted by atomic mass is 16.5. The Labute approximate surface area is 397 Å². The second kappa shape index (κ2) is 26.2. The second-order valence-corrected chi connectivity index (χ2v) is 21.2. The molecular weight excluding hydrogens is 837 g/mol. The molecule has 4 fully saturated rings. The molecule has 5 aliphatic heterocycles. The van der Waals surface area contributed by atoms with E-state index < -0.39 is 23.9 Å². The Bertz CT molecular complexity index is 1690. The molecule has 4 saturated heterocycles. The third kappa shape index (κ3) is 15.4. The van der Waals surface area contributed by atoms with Gasteiger partial charge in [0.25, 0.3) is 0 Å². The first-order valence-corrected chi connectivity index (χ1v) is 25.4. The number of rotatable bonds is 16. The highest BCUT2D eigenvalue weighted by Crippen LogP contribution is 2.46. The van der Waals surface area contributed by atoms with E-state index in [4.69, 9.17) is 18.9 Å². The van der Waals surface area contributed by atoms with Crippen LogP contribution in [0.2, 0.25) is 0 Å². The van der Waals surface area contributed by atoms with Gasteiger partial charge in [-0.15, -0.1) is 13.2 Å². The summed E-state index contributed by atoms with van der Waals surface area (Å²) in [5.41, 5.74) is -0.607. The molecule has 5 aliphatic rings. The summed E-state index contributed by atoms with van der Waals surface area (Å²) in [7, 11) is 2.75. The van der Waals surface area contributed by atoms with Crippen LogP contribution in [0.5, 0.6) is 0 Å². The van der Waals surface area contributed by atoms with Crippen molar-refractivity contribution in [2.24, 2.45) is 35.5 Å². The minimum atomic E-state index is -0.532. The number of methoxy groups -OCH3 is 2. The number of ketones is 2. The maximum atomic E-state index is 13.7. The van der Waals surface area contributed by atoms with Gasteiger partial charge in [0.05, 0.1) is 61.5 Å². The van der Waals surface area contributed by atoms with Crippen LogP contribution in [0.25, 0.3) is 0 Å². The number of allylic oxidation sites excluding steroid dienone is 4. The highest BCUT2D eigenvalue weighted by molar-refractivity contribution is 5.94. The maximum absolute atomic E-state index is 13.7. The van der Waals surface area contributed by atoms with Gasteiger partial charge >= 0.3 is 11.9 Å². The molecule has 5 heterocycles. The highest BCUT2D eigenvalue weighted by Gasteiger charge is 2.57. The van der Waals surface area contributed by atoms with E-state index in [0.717, 1.165) is 103 Å². The predicted octanol–water partition coefficient (Wildman–Crippen LogP) is 9.71. The lowest BCUT2D eigenvalue weighted by Crippen LogP contribution is -2.47. The topological polar surface area (TPSA) is 146 Å². The Morgan fingerprint density at radius 3 is 1.97 bits per heavy atom. The van der Waals surface area contributed by atoms with Gasteiger partial charge in [-0.25, -0.2) is 0 Å². The quantitative estimate of drug-likeness (QED) is 0.0833. The third-order valence-corrected chi connectivity index (χ3v) is 14.7. The van der Waals surface area contributed by atoms with E-state index in [-0.39, 0.29) is 95.2 Å². The molecule has 0 N–H and O–H groups in total. The van der Waals surface area contributed by atoms with Gasteiger partial charge < -0.3 is 28.7 Å². The van der Waals surface area contributed by atoms with Gasteiger partial charge in [-0.3, -0.25) is 28.8 Å². The predicted molar refractivity (Wildman–Crippen MR) is 257 cm³/mol. The van der Waals surface area contributed by atoms with Crippen LogP contribution >= 0.6 is 0 Å². The molecule has 66 heavy (non-hydrogen) atoms. The van der Waals surface area contributed by atoms with Crippen molar-refractivity contribution in [3.63, 3.8) is 0 Å². The molecule has 10 atom stereocenters. The van der Waals surface area contributed by atoms with E-state index in [1.54, 1.807) is 9.80 Å². The molecule has 0 aliphatic carbocycles. The fourth-order valence-corrected chi connectivity index (χ4v) is 11.3. The molecule has 5 rings (SSSR count). The minimum absolute atomic E-state index is 0.00164. The SMILES string of the molecule is C=CCCCCC(C)C(=O)N1CC2OC(C)(C)C[C@@H]2C1C(=O)C[C@@H](CCCCC=C)C(=O)OC.COC(=O)[C@@H]1CCCCC=CCCCC[C@H](C)C(=O)N2CC3OC(C)(C)C[C@@H]3C2C(=O)C1. The molecule has 0 aromatic carbocycles. The monoisotopic (exact) mass is 923 g/mol. The zero-order valence-electron chi connectivity index (χ0n) is 42.0. The average Bonchev–Trinajstić information content (AvgIpc) is 3.98. The first kappa shape index (κ1) is 55.0. The number of esters is 2. The Balaban J connectivity index is 0.000000289. The number of unbranched alkanes of at least 4 members (excludes halogenated alkanes) is 4. The average molecular weight is 923 g/mol. The zero-order chi connectivity index (χ0) is 48.6. The summed E-state index contributed by atoms with van der Waals surface area (Å²) in [6.07, 6.45) is 24.1. The lowest BCUT2D eigenvalue weighted by molar-refractivity contribution is -0.149. The number of ether oxygens (including phenoxy) is 4. The number of hydrogen-bond acceptors (Lipinski definition) is 10. The van der Waals surface area contributed by atoms with Gasteiger partial charge in [-0.2, -0.15) is 0 Å². The maximum Gasteiger partial charge on any atom is 0.309 e. The Hall–Kier alpha value is -3.64. The number of carbonyl (C=O) groups excluding carboxylic acids is 6.